The molecule has 0 bridgehead atoms. The van der Waals surface area contributed by atoms with Gasteiger partial charge in [0.05, 0.1) is 6.10 Å². The summed E-state index contributed by atoms with van der Waals surface area (Å²) >= 11 is 0. The summed E-state index contributed by atoms with van der Waals surface area (Å²) in [5.74, 6) is 0.799. The van der Waals surface area contributed by atoms with Gasteiger partial charge in [-0.3, -0.25) is 0 Å². The predicted molar refractivity (Wildman–Crippen MR) is 62.8 cm³/mol. The van der Waals surface area contributed by atoms with Crippen molar-refractivity contribution in [1.29, 1.82) is 0 Å². The van der Waals surface area contributed by atoms with Gasteiger partial charge in [-0.25, -0.2) is 0 Å². The van der Waals surface area contributed by atoms with Crippen LogP contribution in [0.2, 0.25) is 0 Å². The zero-order valence-electron chi connectivity index (χ0n) is 9.91. The Hall–Kier alpha value is -0.0800. The molecule has 2 N–H and O–H groups in total. The molecule has 0 aliphatic heterocycles. The maximum absolute atomic E-state index is 9.92. The standard InChI is InChI=1S/C13H25NO/c1-10-6-2-3-7-11(10)14-12-8-4-5-9-13(12)15/h10-15H,2-9H2,1H3/t10-,11+,12-,13-/m1/s1. The van der Waals surface area contributed by atoms with Gasteiger partial charge < -0.3 is 10.4 Å². The average molecular weight is 211 g/mol. The van der Waals surface area contributed by atoms with E-state index >= 15 is 0 Å². The SMILES string of the molecule is C[C@@H]1CCCC[C@@H]1N[C@@H]1CCCC[C@H]1O. The van der Waals surface area contributed by atoms with Gasteiger partial charge in [0, 0.05) is 12.1 Å². The molecule has 0 saturated heterocycles. The van der Waals surface area contributed by atoms with Crippen LogP contribution < -0.4 is 5.32 Å². The lowest BCUT2D eigenvalue weighted by atomic mass is 9.84. The number of rotatable bonds is 2. The van der Waals surface area contributed by atoms with Crippen molar-refractivity contribution >= 4 is 0 Å². The van der Waals surface area contributed by atoms with E-state index in [0.29, 0.717) is 12.1 Å². The quantitative estimate of drug-likeness (QED) is 0.735. The molecule has 2 saturated carbocycles. The largest absolute Gasteiger partial charge is 0.392 e. The van der Waals surface area contributed by atoms with Crippen LogP contribution in [0.25, 0.3) is 0 Å². The Kier molecular flexibility index (Phi) is 4.04. The number of aliphatic hydroxyl groups is 1. The first-order chi connectivity index (χ1) is 7.27. The Labute approximate surface area is 93.5 Å². The molecule has 15 heavy (non-hydrogen) atoms. The molecule has 2 aliphatic carbocycles. The van der Waals surface area contributed by atoms with Gasteiger partial charge in [-0.2, -0.15) is 0 Å². The normalized spacial score (nSPS) is 42.8. The second kappa shape index (κ2) is 5.31. The highest BCUT2D eigenvalue weighted by atomic mass is 16.3. The molecule has 2 aliphatic rings. The average Bonchev–Trinajstić information content (AvgIpc) is 2.24. The number of nitrogens with one attached hydrogen (secondary N) is 1. The van der Waals surface area contributed by atoms with E-state index in [4.69, 9.17) is 0 Å². The van der Waals surface area contributed by atoms with E-state index in [9.17, 15) is 5.11 Å². The topological polar surface area (TPSA) is 32.3 Å². The Balaban J connectivity index is 1.83. The van der Waals surface area contributed by atoms with Gasteiger partial charge in [-0.1, -0.05) is 32.6 Å². The molecule has 4 atom stereocenters. The molecule has 2 nitrogen and oxygen atoms in total. The van der Waals surface area contributed by atoms with Crippen molar-refractivity contribution in [1.82, 2.24) is 5.32 Å². The minimum absolute atomic E-state index is 0.0899. The van der Waals surface area contributed by atoms with E-state index in [0.717, 1.165) is 12.3 Å². The predicted octanol–water partition coefficient (Wildman–Crippen LogP) is 2.46. The summed E-state index contributed by atoms with van der Waals surface area (Å²) in [5.41, 5.74) is 0. The molecule has 0 radical (unpaired) electrons. The Morgan fingerprint density at radius 2 is 1.47 bits per heavy atom. The summed E-state index contributed by atoms with van der Waals surface area (Å²) in [6.45, 7) is 2.35. The molecule has 0 unspecified atom stereocenters. The van der Waals surface area contributed by atoms with Crippen LogP contribution in [0.3, 0.4) is 0 Å². The number of aliphatic hydroxyl groups excluding tert-OH is 1. The molecule has 0 heterocycles. The van der Waals surface area contributed by atoms with Crippen LogP contribution in [0.15, 0.2) is 0 Å². The summed E-state index contributed by atoms with van der Waals surface area (Å²) in [7, 11) is 0. The van der Waals surface area contributed by atoms with Crippen molar-refractivity contribution in [2.24, 2.45) is 5.92 Å². The molecular weight excluding hydrogens is 186 g/mol. The summed E-state index contributed by atoms with van der Waals surface area (Å²) in [5, 5.41) is 13.6. The minimum atomic E-state index is -0.0899. The number of hydrogen-bond donors (Lipinski definition) is 2. The van der Waals surface area contributed by atoms with E-state index in [1.165, 1.54) is 44.9 Å². The molecular formula is C13H25NO. The van der Waals surface area contributed by atoms with E-state index in [2.05, 4.69) is 12.2 Å². The zero-order chi connectivity index (χ0) is 10.7. The van der Waals surface area contributed by atoms with Crippen LogP contribution in [-0.2, 0) is 0 Å². The third-order valence-electron chi connectivity index (χ3n) is 4.27. The number of hydrogen-bond acceptors (Lipinski definition) is 2. The molecule has 0 spiro atoms. The van der Waals surface area contributed by atoms with Crippen molar-refractivity contribution in [2.45, 2.75) is 76.5 Å². The first-order valence-corrected chi connectivity index (χ1v) is 6.71. The maximum Gasteiger partial charge on any atom is 0.0693 e. The van der Waals surface area contributed by atoms with Gasteiger partial charge in [0.15, 0.2) is 0 Å². The van der Waals surface area contributed by atoms with Crippen molar-refractivity contribution in [3.05, 3.63) is 0 Å². The molecule has 0 aromatic rings. The highest BCUT2D eigenvalue weighted by molar-refractivity contribution is 4.87. The van der Waals surface area contributed by atoms with Crippen LogP contribution in [0.4, 0.5) is 0 Å². The minimum Gasteiger partial charge on any atom is -0.392 e. The van der Waals surface area contributed by atoms with Crippen LogP contribution in [0, 0.1) is 5.92 Å². The van der Waals surface area contributed by atoms with Crippen LogP contribution in [0.1, 0.15) is 58.3 Å². The molecule has 0 aromatic carbocycles. The fourth-order valence-electron chi connectivity index (χ4n) is 3.14. The Bertz CT molecular complexity index is 175. The highest BCUT2D eigenvalue weighted by Crippen LogP contribution is 2.26. The van der Waals surface area contributed by atoms with Gasteiger partial charge >= 0.3 is 0 Å². The van der Waals surface area contributed by atoms with Crippen molar-refractivity contribution in [2.75, 3.05) is 0 Å². The van der Waals surface area contributed by atoms with Gasteiger partial charge in [-0.05, 0) is 31.6 Å². The fourth-order valence-corrected chi connectivity index (χ4v) is 3.14. The molecule has 88 valence electrons. The third kappa shape index (κ3) is 2.94. The molecule has 2 heteroatoms. The second-order valence-corrected chi connectivity index (χ2v) is 5.49. The zero-order valence-corrected chi connectivity index (χ0v) is 9.91. The molecule has 2 fully saturated rings. The first-order valence-electron chi connectivity index (χ1n) is 6.71. The van der Waals surface area contributed by atoms with E-state index in [1.807, 2.05) is 0 Å². The van der Waals surface area contributed by atoms with Crippen molar-refractivity contribution < 1.29 is 5.11 Å². The molecule has 0 amide bonds. The van der Waals surface area contributed by atoms with Gasteiger partial charge in [0.25, 0.3) is 0 Å². The smallest absolute Gasteiger partial charge is 0.0693 e. The molecule has 2 rings (SSSR count). The Morgan fingerprint density at radius 1 is 0.867 bits per heavy atom. The second-order valence-electron chi connectivity index (χ2n) is 5.49. The van der Waals surface area contributed by atoms with Crippen LogP contribution >= 0.6 is 0 Å². The lowest BCUT2D eigenvalue weighted by Gasteiger charge is -2.37. The third-order valence-corrected chi connectivity index (χ3v) is 4.27. The maximum atomic E-state index is 9.92. The summed E-state index contributed by atoms with van der Waals surface area (Å²) < 4.78 is 0. The Morgan fingerprint density at radius 3 is 2.13 bits per heavy atom. The lowest BCUT2D eigenvalue weighted by Crippen LogP contribution is -2.50. The van der Waals surface area contributed by atoms with E-state index in [1.54, 1.807) is 0 Å². The summed E-state index contributed by atoms with van der Waals surface area (Å²) in [6, 6.07) is 1.04. The monoisotopic (exact) mass is 211 g/mol. The van der Waals surface area contributed by atoms with Gasteiger partial charge in [-0.15, -0.1) is 0 Å². The molecule has 0 aromatic heterocycles. The summed E-state index contributed by atoms with van der Waals surface area (Å²) in [4.78, 5) is 0. The summed E-state index contributed by atoms with van der Waals surface area (Å²) in [6.07, 6.45) is 10.0. The lowest BCUT2D eigenvalue weighted by molar-refractivity contribution is 0.0758. The van der Waals surface area contributed by atoms with E-state index in [-0.39, 0.29) is 6.10 Å². The van der Waals surface area contributed by atoms with Gasteiger partial charge in [0.2, 0.25) is 0 Å². The van der Waals surface area contributed by atoms with E-state index < -0.39 is 0 Å². The van der Waals surface area contributed by atoms with Crippen LogP contribution in [0.5, 0.6) is 0 Å². The van der Waals surface area contributed by atoms with Crippen LogP contribution in [-0.4, -0.2) is 23.3 Å². The highest BCUT2D eigenvalue weighted by Gasteiger charge is 2.28. The van der Waals surface area contributed by atoms with Crippen molar-refractivity contribution in [3.8, 4) is 0 Å². The van der Waals surface area contributed by atoms with Crippen molar-refractivity contribution in [3.63, 3.8) is 0 Å². The first kappa shape index (κ1) is 11.4. The van der Waals surface area contributed by atoms with Gasteiger partial charge in [0.1, 0.15) is 0 Å². The fraction of sp³-hybridized carbons (Fsp3) is 1.00.